The third-order valence-corrected chi connectivity index (χ3v) is 6.08. The van der Waals surface area contributed by atoms with Crippen molar-refractivity contribution in [2.45, 2.75) is 11.8 Å². The van der Waals surface area contributed by atoms with Crippen LogP contribution in [0.1, 0.15) is 23.0 Å². The summed E-state index contributed by atoms with van der Waals surface area (Å²) >= 11 is 0. The molecule has 5 rings (SSSR count). The van der Waals surface area contributed by atoms with E-state index in [9.17, 15) is 9.59 Å². The Kier molecular flexibility index (Phi) is 4.68. The van der Waals surface area contributed by atoms with E-state index >= 15 is 0 Å². The van der Waals surface area contributed by atoms with Gasteiger partial charge < -0.3 is 0 Å². The summed E-state index contributed by atoms with van der Waals surface area (Å²) in [6.45, 7) is 0. The number of imide groups is 1. The van der Waals surface area contributed by atoms with E-state index in [1.165, 1.54) is 5.01 Å². The van der Waals surface area contributed by atoms with Gasteiger partial charge in [-0.2, -0.15) is 5.01 Å². The molecule has 1 aliphatic heterocycles. The number of benzene rings is 3. The van der Waals surface area contributed by atoms with Crippen molar-refractivity contribution >= 4 is 17.5 Å². The van der Waals surface area contributed by atoms with Crippen LogP contribution in [-0.2, 0) is 9.59 Å². The molecule has 1 heterocycles. The average molecular weight is 394 g/mol. The second-order valence-corrected chi connectivity index (χ2v) is 7.80. The molecule has 0 radical (unpaired) electrons. The van der Waals surface area contributed by atoms with Crippen molar-refractivity contribution in [2.75, 3.05) is 5.43 Å². The molecule has 0 spiro atoms. The van der Waals surface area contributed by atoms with Gasteiger partial charge in [-0.1, -0.05) is 91.0 Å². The molecule has 2 aliphatic rings. The van der Waals surface area contributed by atoms with Gasteiger partial charge in [-0.05, 0) is 23.3 Å². The molecule has 3 aromatic rings. The highest BCUT2D eigenvalue weighted by molar-refractivity contribution is 6.07. The van der Waals surface area contributed by atoms with E-state index in [1.54, 1.807) is 0 Å². The molecule has 0 aromatic heterocycles. The van der Waals surface area contributed by atoms with E-state index in [0.717, 1.165) is 16.8 Å². The van der Waals surface area contributed by atoms with Gasteiger partial charge in [-0.3, -0.25) is 15.0 Å². The zero-order chi connectivity index (χ0) is 20.5. The molecular formula is C26H22N2O2. The van der Waals surface area contributed by atoms with Crippen molar-refractivity contribution in [3.8, 4) is 0 Å². The minimum absolute atomic E-state index is 0.129. The van der Waals surface area contributed by atoms with E-state index < -0.39 is 11.8 Å². The second kappa shape index (κ2) is 7.64. The molecule has 0 bridgehead atoms. The highest BCUT2D eigenvalue weighted by Gasteiger charge is 2.55. The second-order valence-electron chi connectivity index (χ2n) is 7.80. The van der Waals surface area contributed by atoms with Gasteiger partial charge in [-0.15, -0.1) is 0 Å². The number of hydrazine groups is 1. The van der Waals surface area contributed by atoms with Crippen molar-refractivity contribution in [3.05, 3.63) is 114 Å². The number of carbonyl (C=O) groups excluding carboxylic acids is 2. The number of hydrogen-bond acceptors (Lipinski definition) is 3. The van der Waals surface area contributed by atoms with Crippen molar-refractivity contribution in [1.29, 1.82) is 0 Å². The number of nitrogens with one attached hydrogen (secondary N) is 1. The van der Waals surface area contributed by atoms with E-state index in [0.29, 0.717) is 0 Å². The minimum atomic E-state index is -0.439. The van der Waals surface area contributed by atoms with Crippen LogP contribution in [0.25, 0.3) is 0 Å². The summed E-state index contributed by atoms with van der Waals surface area (Å²) in [7, 11) is 0. The summed E-state index contributed by atoms with van der Waals surface area (Å²) in [6.07, 6.45) is 4.21. The van der Waals surface area contributed by atoms with Crippen LogP contribution in [0, 0.1) is 11.8 Å². The van der Waals surface area contributed by atoms with E-state index in [1.807, 2.05) is 91.0 Å². The molecule has 4 nitrogen and oxygen atoms in total. The highest BCUT2D eigenvalue weighted by atomic mass is 16.2. The number of anilines is 1. The molecule has 2 amide bonds. The van der Waals surface area contributed by atoms with Crippen molar-refractivity contribution in [3.63, 3.8) is 0 Å². The zero-order valence-electron chi connectivity index (χ0n) is 16.4. The summed E-state index contributed by atoms with van der Waals surface area (Å²) < 4.78 is 0. The predicted octanol–water partition coefficient (Wildman–Crippen LogP) is 4.75. The van der Waals surface area contributed by atoms with Gasteiger partial charge in [0, 0.05) is 11.8 Å². The van der Waals surface area contributed by atoms with Gasteiger partial charge in [0.15, 0.2) is 0 Å². The average Bonchev–Trinajstić information content (AvgIpc) is 3.06. The van der Waals surface area contributed by atoms with Crippen LogP contribution >= 0.6 is 0 Å². The Hall–Kier alpha value is -3.66. The first-order valence-corrected chi connectivity index (χ1v) is 10.2. The van der Waals surface area contributed by atoms with Gasteiger partial charge in [0.1, 0.15) is 0 Å². The summed E-state index contributed by atoms with van der Waals surface area (Å²) in [6, 6.07) is 29.3. The molecule has 0 unspecified atom stereocenters. The molecule has 4 heteroatoms. The minimum Gasteiger partial charge on any atom is -0.289 e. The Balaban J connectivity index is 1.57. The number of amides is 2. The molecule has 30 heavy (non-hydrogen) atoms. The van der Waals surface area contributed by atoms with Gasteiger partial charge >= 0.3 is 0 Å². The van der Waals surface area contributed by atoms with Gasteiger partial charge in [0.05, 0.1) is 17.5 Å². The first kappa shape index (κ1) is 18.4. The maximum absolute atomic E-state index is 13.5. The molecule has 1 aliphatic carbocycles. The molecule has 1 saturated heterocycles. The number of para-hydroxylation sites is 1. The van der Waals surface area contributed by atoms with E-state index in [2.05, 4.69) is 17.6 Å². The Morgan fingerprint density at radius 1 is 0.567 bits per heavy atom. The first-order valence-electron chi connectivity index (χ1n) is 10.2. The van der Waals surface area contributed by atoms with Crippen LogP contribution in [0.3, 0.4) is 0 Å². The number of carbonyl (C=O) groups is 2. The lowest BCUT2D eigenvalue weighted by Gasteiger charge is -2.32. The Bertz CT molecular complexity index is 1010. The molecule has 1 N–H and O–H groups in total. The van der Waals surface area contributed by atoms with Crippen molar-refractivity contribution < 1.29 is 9.59 Å². The van der Waals surface area contributed by atoms with Gasteiger partial charge in [0.25, 0.3) is 11.8 Å². The molecule has 148 valence electrons. The quantitative estimate of drug-likeness (QED) is 0.513. The number of fused-ring (bicyclic) bond motifs is 1. The Morgan fingerprint density at radius 3 is 1.40 bits per heavy atom. The summed E-state index contributed by atoms with van der Waals surface area (Å²) in [5.74, 6) is -1.48. The summed E-state index contributed by atoms with van der Waals surface area (Å²) in [5, 5.41) is 1.23. The molecule has 1 fully saturated rings. The zero-order valence-corrected chi connectivity index (χ0v) is 16.4. The lowest BCUT2D eigenvalue weighted by atomic mass is 9.68. The smallest absolute Gasteiger partial charge is 0.253 e. The molecule has 0 saturated carbocycles. The van der Waals surface area contributed by atoms with Crippen LogP contribution in [-0.4, -0.2) is 16.8 Å². The van der Waals surface area contributed by atoms with Crippen LogP contribution < -0.4 is 5.43 Å². The SMILES string of the molecule is O=C1[C@H]2[C@H](C(=O)N1Nc1ccccc1)[C@@H](c1ccccc1)C=C[C@@H]2c1ccccc1. The largest absolute Gasteiger partial charge is 0.289 e. The molecule has 4 atom stereocenters. The fourth-order valence-electron chi connectivity index (χ4n) is 4.69. The Morgan fingerprint density at radius 2 is 0.967 bits per heavy atom. The van der Waals surface area contributed by atoms with E-state index in [4.69, 9.17) is 0 Å². The lowest BCUT2D eigenvalue weighted by Crippen LogP contribution is -2.37. The molecular weight excluding hydrogens is 372 g/mol. The van der Waals surface area contributed by atoms with Gasteiger partial charge in [-0.25, -0.2) is 0 Å². The lowest BCUT2D eigenvalue weighted by molar-refractivity contribution is -0.138. The van der Waals surface area contributed by atoms with E-state index in [-0.39, 0.29) is 23.7 Å². The normalized spacial score (nSPS) is 25.3. The highest BCUT2D eigenvalue weighted by Crippen LogP contribution is 2.49. The van der Waals surface area contributed by atoms with Crippen molar-refractivity contribution in [2.24, 2.45) is 11.8 Å². The Labute approximate surface area is 175 Å². The summed E-state index contributed by atoms with van der Waals surface area (Å²) in [4.78, 5) is 27.0. The fraction of sp³-hybridized carbons (Fsp3) is 0.154. The number of allylic oxidation sites excluding steroid dienone is 2. The van der Waals surface area contributed by atoms with Gasteiger partial charge in [0.2, 0.25) is 0 Å². The fourth-order valence-corrected chi connectivity index (χ4v) is 4.69. The van der Waals surface area contributed by atoms with Crippen LogP contribution in [0.15, 0.2) is 103 Å². The predicted molar refractivity (Wildman–Crippen MR) is 116 cm³/mol. The number of rotatable bonds is 4. The standard InChI is InChI=1S/C26H22N2O2/c29-25-23-21(18-10-4-1-5-11-18)16-17-22(19-12-6-2-7-13-19)24(23)26(30)28(25)27-20-14-8-3-9-15-20/h1-17,21-24,27H/t21-,22-,23-,24-/m1/s1. The summed E-state index contributed by atoms with van der Waals surface area (Å²) in [5.41, 5.74) is 5.88. The topological polar surface area (TPSA) is 49.4 Å². The maximum Gasteiger partial charge on any atom is 0.253 e. The third-order valence-electron chi connectivity index (χ3n) is 6.08. The van der Waals surface area contributed by atoms with Crippen LogP contribution in [0.2, 0.25) is 0 Å². The maximum atomic E-state index is 13.5. The molecule has 3 aromatic carbocycles. The monoisotopic (exact) mass is 394 g/mol. The first-order chi connectivity index (χ1) is 14.7. The van der Waals surface area contributed by atoms with Crippen molar-refractivity contribution in [1.82, 2.24) is 5.01 Å². The number of nitrogens with zero attached hydrogens (tertiary/aromatic N) is 1. The van der Waals surface area contributed by atoms with Crippen LogP contribution in [0.5, 0.6) is 0 Å². The van der Waals surface area contributed by atoms with Crippen LogP contribution in [0.4, 0.5) is 5.69 Å². The number of hydrogen-bond donors (Lipinski definition) is 1. The third kappa shape index (κ3) is 3.11.